The summed E-state index contributed by atoms with van der Waals surface area (Å²) >= 11 is 6.01. The number of anilines is 1. The van der Waals surface area contributed by atoms with Gasteiger partial charge in [0.1, 0.15) is 10.8 Å². The van der Waals surface area contributed by atoms with E-state index in [1.165, 1.54) is 0 Å². The van der Waals surface area contributed by atoms with Gasteiger partial charge in [-0.25, -0.2) is 4.98 Å². The van der Waals surface area contributed by atoms with Crippen molar-refractivity contribution in [1.82, 2.24) is 10.3 Å². The number of aryl methyl sites for hydroxylation is 2. The van der Waals surface area contributed by atoms with Crippen LogP contribution in [0.2, 0.25) is 5.15 Å². The summed E-state index contributed by atoms with van der Waals surface area (Å²) in [6.07, 6.45) is 1.71. The van der Waals surface area contributed by atoms with E-state index < -0.39 is 15.7 Å². The number of fused-ring (bicyclic) bond motifs is 1. The van der Waals surface area contributed by atoms with Gasteiger partial charge >= 0.3 is 0 Å². The molecule has 1 N–H and O–H groups in total. The fraction of sp³-hybridized carbons (Fsp3) is 0.389. The molecule has 0 aliphatic carbocycles. The van der Waals surface area contributed by atoms with Crippen molar-refractivity contribution in [2.45, 2.75) is 30.4 Å². The third kappa shape index (κ3) is 2.89. The van der Waals surface area contributed by atoms with Crippen molar-refractivity contribution < 1.29 is 12.6 Å². The van der Waals surface area contributed by atoms with Crippen LogP contribution in [-0.2, 0) is 14.3 Å². The summed E-state index contributed by atoms with van der Waals surface area (Å²) < 4.78 is 31.2. The van der Waals surface area contributed by atoms with Gasteiger partial charge in [-0.2, -0.15) is 8.42 Å². The van der Waals surface area contributed by atoms with E-state index in [4.69, 9.17) is 15.8 Å². The average Bonchev–Trinajstić information content (AvgIpc) is 2.88. The Hall–Kier alpha value is -1.67. The molecule has 138 valence electrons. The fourth-order valence-electron chi connectivity index (χ4n) is 3.62. The maximum atomic E-state index is 12.7. The molecular formula is C18H20ClN3O3S. The number of hydrogen-bond donors (Lipinski definition) is 1. The van der Waals surface area contributed by atoms with Gasteiger partial charge in [-0.05, 0) is 37.6 Å². The Bertz CT molecular complexity index is 949. The maximum absolute atomic E-state index is 12.7. The highest BCUT2D eigenvalue weighted by Gasteiger charge is 2.59. The number of pyridine rings is 1. The van der Waals surface area contributed by atoms with E-state index in [9.17, 15) is 8.42 Å². The van der Waals surface area contributed by atoms with E-state index in [0.29, 0.717) is 24.8 Å². The maximum Gasteiger partial charge on any atom is 0.297 e. The highest BCUT2D eigenvalue weighted by molar-refractivity contribution is 7.86. The lowest BCUT2D eigenvalue weighted by molar-refractivity contribution is 0.0348. The van der Waals surface area contributed by atoms with Crippen molar-refractivity contribution in [1.29, 1.82) is 0 Å². The minimum absolute atomic E-state index is 0.0647. The predicted octanol–water partition coefficient (Wildman–Crippen LogP) is 2.29. The third-order valence-electron chi connectivity index (χ3n) is 5.10. The van der Waals surface area contributed by atoms with Crippen LogP contribution < -0.4 is 10.2 Å². The molecule has 2 saturated heterocycles. The van der Waals surface area contributed by atoms with E-state index in [-0.39, 0.29) is 10.9 Å². The molecule has 1 aromatic heterocycles. The molecule has 2 aliphatic heterocycles. The summed E-state index contributed by atoms with van der Waals surface area (Å²) in [4.78, 5) is 6.49. The van der Waals surface area contributed by atoms with Gasteiger partial charge in [-0.3, -0.25) is 4.18 Å². The van der Waals surface area contributed by atoms with Crippen molar-refractivity contribution >= 4 is 27.4 Å². The average molecular weight is 394 g/mol. The van der Waals surface area contributed by atoms with Gasteiger partial charge in [0.05, 0.1) is 29.4 Å². The fourth-order valence-corrected chi connectivity index (χ4v) is 4.95. The Morgan fingerprint density at radius 2 is 2.04 bits per heavy atom. The molecule has 0 bridgehead atoms. The Morgan fingerprint density at radius 3 is 2.73 bits per heavy atom. The molecule has 0 unspecified atom stereocenters. The number of hydrogen-bond acceptors (Lipinski definition) is 6. The second-order valence-electron chi connectivity index (χ2n) is 6.99. The highest BCUT2D eigenvalue weighted by Crippen LogP contribution is 2.41. The van der Waals surface area contributed by atoms with Gasteiger partial charge in [-0.15, -0.1) is 0 Å². The Kier molecular flexibility index (Phi) is 4.23. The molecule has 2 fully saturated rings. The number of aromatic nitrogens is 1. The molecular weight excluding hydrogens is 374 g/mol. The van der Waals surface area contributed by atoms with Crippen LogP contribution in [0.15, 0.2) is 41.4 Å². The Balaban J connectivity index is 1.57. The van der Waals surface area contributed by atoms with Gasteiger partial charge in [0, 0.05) is 13.1 Å². The normalized spacial score (nSPS) is 25.0. The molecule has 1 aromatic carbocycles. The van der Waals surface area contributed by atoms with Crippen LogP contribution in [0.1, 0.15) is 11.1 Å². The van der Waals surface area contributed by atoms with Crippen LogP contribution >= 0.6 is 11.6 Å². The molecule has 0 saturated carbocycles. The molecule has 6 nitrogen and oxygen atoms in total. The van der Waals surface area contributed by atoms with E-state index in [0.717, 1.165) is 16.8 Å². The van der Waals surface area contributed by atoms with Crippen molar-refractivity contribution in [3.8, 4) is 0 Å². The minimum Gasteiger partial charge on any atom is -0.360 e. The van der Waals surface area contributed by atoms with Gasteiger partial charge < -0.3 is 10.2 Å². The van der Waals surface area contributed by atoms with Gasteiger partial charge in [-0.1, -0.05) is 29.3 Å². The summed E-state index contributed by atoms with van der Waals surface area (Å²) in [7, 11) is -3.82. The van der Waals surface area contributed by atoms with Crippen LogP contribution in [0.5, 0.6) is 0 Å². The third-order valence-corrected chi connectivity index (χ3v) is 6.90. The highest BCUT2D eigenvalue weighted by atomic mass is 35.5. The number of benzene rings is 1. The zero-order valence-electron chi connectivity index (χ0n) is 14.6. The van der Waals surface area contributed by atoms with Crippen LogP contribution in [-0.4, -0.2) is 44.7 Å². The predicted molar refractivity (Wildman–Crippen MR) is 100 cm³/mol. The van der Waals surface area contributed by atoms with E-state index in [1.54, 1.807) is 30.5 Å². The van der Waals surface area contributed by atoms with E-state index in [2.05, 4.69) is 15.2 Å². The molecule has 2 atom stereocenters. The molecule has 8 heteroatoms. The molecule has 4 rings (SSSR count). The Morgan fingerprint density at radius 1 is 1.31 bits per heavy atom. The van der Waals surface area contributed by atoms with Crippen LogP contribution in [0.25, 0.3) is 0 Å². The second-order valence-corrected chi connectivity index (χ2v) is 8.90. The zero-order chi connectivity index (χ0) is 18.5. The SMILES string of the molecule is Cc1ccc(S(=O)(=O)O[C@@]23CNC[C@H]2N(c2cnc(Cl)c(C)c2)C3)cc1. The lowest BCUT2D eigenvalue weighted by atomic mass is 9.86. The first-order valence-corrected chi connectivity index (χ1v) is 10.2. The molecule has 3 heterocycles. The smallest absolute Gasteiger partial charge is 0.297 e. The number of halogens is 1. The lowest BCUT2D eigenvalue weighted by Crippen LogP contribution is -2.71. The van der Waals surface area contributed by atoms with Crippen LogP contribution in [0.3, 0.4) is 0 Å². The van der Waals surface area contributed by atoms with Crippen molar-refractivity contribution in [2.75, 3.05) is 24.5 Å². The largest absolute Gasteiger partial charge is 0.360 e. The van der Waals surface area contributed by atoms with Crippen molar-refractivity contribution in [3.63, 3.8) is 0 Å². The zero-order valence-corrected chi connectivity index (χ0v) is 16.1. The first kappa shape index (κ1) is 17.7. The van der Waals surface area contributed by atoms with Gasteiger partial charge in [0.15, 0.2) is 0 Å². The summed E-state index contributed by atoms with van der Waals surface area (Å²) in [5.41, 5.74) is 2.06. The topological polar surface area (TPSA) is 71.5 Å². The molecule has 2 aliphatic rings. The summed E-state index contributed by atoms with van der Waals surface area (Å²) in [6, 6.07) is 8.61. The molecule has 2 aromatic rings. The molecule has 0 radical (unpaired) electrons. The Labute approximate surface area is 158 Å². The first-order valence-electron chi connectivity index (χ1n) is 8.43. The minimum atomic E-state index is -3.82. The van der Waals surface area contributed by atoms with E-state index >= 15 is 0 Å². The van der Waals surface area contributed by atoms with Crippen LogP contribution in [0.4, 0.5) is 5.69 Å². The van der Waals surface area contributed by atoms with Crippen molar-refractivity contribution in [3.05, 3.63) is 52.8 Å². The first-order chi connectivity index (χ1) is 12.3. The van der Waals surface area contributed by atoms with Crippen molar-refractivity contribution in [2.24, 2.45) is 0 Å². The number of nitrogens with zero attached hydrogens (tertiary/aromatic N) is 2. The van der Waals surface area contributed by atoms with E-state index in [1.807, 2.05) is 19.9 Å². The van der Waals surface area contributed by atoms with Gasteiger partial charge in [0.25, 0.3) is 10.1 Å². The summed E-state index contributed by atoms with van der Waals surface area (Å²) in [5.74, 6) is 0. The number of nitrogens with one attached hydrogen (secondary N) is 1. The van der Waals surface area contributed by atoms with Gasteiger partial charge in [0.2, 0.25) is 0 Å². The summed E-state index contributed by atoms with van der Waals surface area (Å²) in [5, 5.41) is 3.73. The second kappa shape index (κ2) is 6.20. The standard InChI is InChI=1S/C18H20ClN3O3S/c1-12-3-5-15(6-4-12)26(23,24)25-18-10-20-9-16(18)22(11-18)14-7-13(2)17(19)21-8-14/h3-8,16,20H,9-11H2,1-2H3/t16-,18-/m1/s1. The summed E-state index contributed by atoms with van der Waals surface area (Å²) in [6.45, 7) is 5.46. The quantitative estimate of drug-likeness (QED) is 0.634. The molecule has 26 heavy (non-hydrogen) atoms. The number of rotatable bonds is 4. The van der Waals surface area contributed by atoms with Crippen LogP contribution in [0, 0.1) is 13.8 Å². The lowest BCUT2D eigenvalue weighted by Gasteiger charge is -2.53. The monoisotopic (exact) mass is 393 g/mol. The molecule has 0 amide bonds. The molecule has 0 spiro atoms.